The number of hydrogen-bond acceptors (Lipinski definition) is 7. The van der Waals surface area contributed by atoms with Gasteiger partial charge in [-0.15, -0.1) is 11.3 Å². The largest absolute Gasteiger partial charge is 0.335 e. The number of pyridine rings is 2. The number of imidazole rings is 1. The van der Waals surface area contributed by atoms with Crippen molar-refractivity contribution in [2.24, 2.45) is 0 Å². The third-order valence-corrected chi connectivity index (χ3v) is 5.54. The predicted molar refractivity (Wildman–Crippen MR) is 111 cm³/mol. The van der Waals surface area contributed by atoms with E-state index in [0.717, 1.165) is 38.2 Å². The van der Waals surface area contributed by atoms with Gasteiger partial charge in [0.25, 0.3) is 0 Å². The van der Waals surface area contributed by atoms with Crippen LogP contribution in [-0.2, 0) is 0 Å². The van der Waals surface area contributed by atoms with Crippen LogP contribution in [0.1, 0.15) is 0 Å². The van der Waals surface area contributed by atoms with Gasteiger partial charge < -0.3 is 4.98 Å². The van der Waals surface area contributed by atoms with E-state index in [0.29, 0.717) is 17.2 Å². The van der Waals surface area contributed by atoms with E-state index in [1.165, 1.54) is 0 Å². The Morgan fingerprint density at radius 2 is 1.83 bits per heavy atom. The predicted octanol–water partition coefficient (Wildman–Crippen LogP) is 4.08. The Balaban J connectivity index is 1.53. The molecule has 0 spiro atoms. The summed E-state index contributed by atoms with van der Waals surface area (Å²) in [7, 11) is 0. The van der Waals surface area contributed by atoms with Crippen LogP contribution in [0.4, 0.5) is 0 Å². The first-order valence-electron chi connectivity index (χ1n) is 8.86. The van der Waals surface area contributed by atoms with Gasteiger partial charge in [0.1, 0.15) is 16.7 Å². The third-order valence-electron chi connectivity index (χ3n) is 4.64. The Labute approximate surface area is 167 Å². The lowest BCUT2D eigenvalue weighted by Crippen LogP contribution is -1.89. The molecule has 0 aliphatic carbocycles. The molecule has 138 valence electrons. The van der Waals surface area contributed by atoms with Crippen molar-refractivity contribution in [3.05, 3.63) is 60.6 Å². The van der Waals surface area contributed by atoms with Crippen molar-refractivity contribution >= 4 is 33.4 Å². The number of rotatable bonds is 3. The average Bonchev–Trinajstić information content (AvgIpc) is 3.52. The first-order valence-corrected chi connectivity index (χ1v) is 9.74. The highest BCUT2D eigenvalue weighted by Crippen LogP contribution is 2.32. The van der Waals surface area contributed by atoms with Crippen molar-refractivity contribution in [3.8, 4) is 33.3 Å². The van der Waals surface area contributed by atoms with Crippen LogP contribution in [0.2, 0.25) is 0 Å². The monoisotopic (exact) mass is 396 g/mol. The molecule has 0 radical (unpaired) electrons. The molecular weight excluding hydrogens is 384 g/mol. The minimum Gasteiger partial charge on any atom is -0.335 e. The standard InChI is InChI=1S/C20H12N8S/c1-2-16(29-7-1)11-8-22-10-15-17(11)26-20(25-15)19-18-13(27-28-19)4-3-12(24-18)14-9-21-5-6-23-14/h1-10H,(H,25,26)(H,27,28). The maximum atomic E-state index is 4.82. The third kappa shape index (κ3) is 2.59. The Bertz CT molecular complexity index is 1450. The molecule has 29 heavy (non-hydrogen) atoms. The fourth-order valence-electron chi connectivity index (χ4n) is 3.30. The minimum absolute atomic E-state index is 0.640. The van der Waals surface area contributed by atoms with E-state index in [2.05, 4.69) is 36.2 Å². The van der Waals surface area contributed by atoms with Crippen molar-refractivity contribution in [3.63, 3.8) is 0 Å². The van der Waals surface area contributed by atoms with Gasteiger partial charge in [0.15, 0.2) is 11.5 Å². The van der Waals surface area contributed by atoms with Gasteiger partial charge in [0.05, 0.1) is 29.1 Å². The molecule has 0 atom stereocenters. The molecule has 0 aliphatic heterocycles. The van der Waals surface area contributed by atoms with E-state index in [-0.39, 0.29) is 0 Å². The molecule has 6 heterocycles. The summed E-state index contributed by atoms with van der Waals surface area (Å²) in [6.07, 6.45) is 8.59. The molecular formula is C20H12N8S. The fraction of sp³-hybridized carbons (Fsp3) is 0. The molecule has 2 N–H and O–H groups in total. The number of nitrogens with one attached hydrogen (secondary N) is 2. The van der Waals surface area contributed by atoms with Crippen LogP contribution in [0.25, 0.3) is 55.4 Å². The highest BCUT2D eigenvalue weighted by molar-refractivity contribution is 7.13. The molecule has 0 saturated heterocycles. The summed E-state index contributed by atoms with van der Waals surface area (Å²) in [5.41, 5.74) is 6.33. The van der Waals surface area contributed by atoms with Gasteiger partial charge in [-0.3, -0.25) is 20.1 Å². The van der Waals surface area contributed by atoms with Crippen molar-refractivity contribution in [2.45, 2.75) is 0 Å². The van der Waals surface area contributed by atoms with E-state index in [1.54, 1.807) is 36.1 Å². The maximum Gasteiger partial charge on any atom is 0.161 e. The highest BCUT2D eigenvalue weighted by atomic mass is 32.1. The molecule has 0 fully saturated rings. The van der Waals surface area contributed by atoms with Gasteiger partial charge in [0.2, 0.25) is 0 Å². The lowest BCUT2D eigenvalue weighted by Gasteiger charge is -1.99. The number of aromatic nitrogens is 8. The zero-order chi connectivity index (χ0) is 19.2. The summed E-state index contributed by atoms with van der Waals surface area (Å²) in [4.78, 5) is 26.8. The summed E-state index contributed by atoms with van der Waals surface area (Å²) in [5, 5.41) is 9.53. The van der Waals surface area contributed by atoms with Gasteiger partial charge in [-0.1, -0.05) is 6.07 Å². The molecule has 6 aromatic rings. The van der Waals surface area contributed by atoms with Gasteiger partial charge >= 0.3 is 0 Å². The fourth-order valence-corrected chi connectivity index (χ4v) is 4.03. The molecule has 0 aliphatic rings. The number of aromatic amines is 2. The minimum atomic E-state index is 0.640. The second-order valence-corrected chi connectivity index (χ2v) is 7.35. The van der Waals surface area contributed by atoms with Crippen LogP contribution in [-0.4, -0.2) is 40.1 Å². The normalized spacial score (nSPS) is 11.4. The molecule has 6 aromatic heterocycles. The lowest BCUT2D eigenvalue weighted by atomic mass is 10.2. The summed E-state index contributed by atoms with van der Waals surface area (Å²) >= 11 is 1.66. The molecule has 6 rings (SSSR count). The number of fused-ring (bicyclic) bond motifs is 2. The highest BCUT2D eigenvalue weighted by Gasteiger charge is 2.17. The molecule has 9 heteroatoms. The quantitative estimate of drug-likeness (QED) is 0.466. The molecule has 0 amide bonds. The smallest absolute Gasteiger partial charge is 0.161 e. The van der Waals surface area contributed by atoms with E-state index in [9.17, 15) is 0 Å². The topological polar surface area (TPSA) is 109 Å². The van der Waals surface area contributed by atoms with E-state index in [4.69, 9.17) is 9.97 Å². The van der Waals surface area contributed by atoms with Gasteiger partial charge in [-0.05, 0) is 23.6 Å². The number of H-pyrrole nitrogens is 2. The Kier molecular flexibility index (Phi) is 3.47. The van der Waals surface area contributed by atoms with Crippen molar-refractivity contribution in [2.75, 3.05) is 0 Å². The molecule has 0 saturated carbocycles. The molecule has 0 unspecified atom stereocenters. The summed E-state index contributed by atoms with van der Waals surface area (Å²) in [6.45, 7) is 0. The van der Waals surface area contributed by atoms with Gasteiger partial charge in [-0.25, -0.2) is 9.97 Å². The van der Waals surface area contributed by atoms with Crippen LogP contribution in [0.3, 0.4) is 0 Å². The van der Waals surface area contributed by atoms with Crippen LogP contribution in [0.5, 0.6) is 0 Å². The Morgan fingerprint density at radius 1 is 0.828 bits per heavy atom. The average molecular weight is 396 g/mol. The van der Waals surface area contributed by atoms with E-state index < -0.39 is 0 Å². The van der Waals surface area contributed by atoms with Crippen molar-refractivity contribution < 1.29 is 0 Å². The van der Waals surface area contributed by atoms with Gasteiger partial charge in [0, 0.05) is 29.0 Å². The lowest BCUT2D eigenvalue weighted by molar-refractivity contribution is 1.10. The number of hydrogen-bond donors (Lipinski definition) is 2. The molecule has 0 bridgehead atoms. The Morgan fingerprint density at radius 3 is 2.69 bits per heavy atom. The van der Waals surface area contributed by atoms with Crippen molar-refractivity contribution in [1.29, 1.82) is 0 Å². The zero-order valence-corrected chi connectivity index (χ0v) is 15.7. The van der Waals surface area contributed by atoms with Crippen molar-refractivity contribution in [1.82, 2.24) is 40.1 Å². The van der Waals surface area contributed by atoms with Crippen LogP contribution in [0.15, 0.2) is 60.6 Å². The second kappa shape index (κ2) is 6.28. The van der Waals surface area contributed by atoms with Crippen LogP contribution >= 0.6 is 11.3 Å². The zero-order valence-electron chi connectivity index (χ0n) is 14.9. The van der Waals surface area contributed by atoms with E-state index >= 15 is 0 Å². The van der Waals surface area contributed by atoms with Gasteiger partial charge in [-0.2, -0.15) is 5.10 Å². The number of thiophene rings is 1. The summed E-state index contributed by atoms with van der Waals surface area (Å²) in [6, 6.07) is 7.91. The summed E-state index contributed by atoms with van der Waals surface area (Å²) < 4.78 is 0. The van der Waals surface area contributed by atoms with Crippen LogP contribution in [0, 0.1) is 0 Å². The van der Waals surface area contributed by atoms with E-state index in [1.807, 2.05) is 29.8 Å². The number of nitrogens with zero attached hydrogens (tertiary/aromatic N) is 6. The SMILES string of the molecule is c1csc(-c2cncc3[nH]c(-c4n[nH]c5ccc(-c6cnccn6)nc45)nc23)c1. The maximum absolute atomic E-state index is 4.82. The molecule has 0 aromatic carbocycles. The summed E-state index contributed by atoms with van der Waals surface area (Å²) in [5.74, 6) is 0.640. The second-order valence-electron chi connectivity index (χ2n) is 6.40. The first-order chi connectivity index (χ1) is 14.4. The Hall–Kier alpha value is -3.98. The first kappa shape index (κ1) is 16.0. The van der Waals surface area contributed by atoms with Crippen LogP contribution < -0.4 is 0 Å². The molecule has 8 nitrogen and oxygen atoms in total.